The van der Waals surface area contributed by atoms with Crippen LogP contribution in [0, 0.1) is 0 Å². The van der Waals surface area contributed by atoms with Crippen molar-refractivity contribution < 1.29 is 14.3 Å². The van der Waals surface area contributed by atoms with Crippen LogP contribution in [0.3, 0.4) is 0 Å². The van der Waals surface area contributed by atoms with Gasteiger partial charge in [-0.1, -0.05) is 12.1 Å². The lowest BCUT2D eigenvalue weighted by atomic mass is 10.2. The number of anilines is 2. The minimum atomic E-state index is -0.248. The lowest BCUT2D eigenvalue weighted by molar-refractivity contribution is 0.102. The molecule has 0 atom stereocenters. The Morgan fingerprint density at radius 1 is 1.25 bits per heavy atom. The molecule has 126 valence electrons. The lowest BCUT2D eigenvalue weighted by Gasteiger charge is -2.26. The molecule has 1 aliphatic rings. The van der Waals surface area contributed by atoms with Crippen LogP contribution in [0.25, 0.3) is 0 Å². The Bertz CT molecular complexity index is 684. The Morgan fingerprint density at radius 3 is 2.67 bits per heavy atom. The number of hydrogen-bond donors (Lipinski definition) is 1. The highest BCUT2D eigenvalue weighted by Crippen LogP contribution is 2.20. The van der Waals surface area contributed by atoms with Crippen molar-refractivity contribution in [3.63, 3.8) is 0 Å². The SMILES string of the molecule is CCOc1ccccc1C(=O)Nc1cnc(N2CCOCC2)nc1. The molecule has 2 heterocycles. The van der Waals surface area contributed by atoms with Gasteiger partial charge in [0.05, 0.1) is 43.5 Å². The summed E-state index contributed by atoms with van der Waals surface area (Å²) < 4.78 is 10.8. The molecule has 0 unspecified atom stereocenters. The van der Waals surface area contributed by atoms with Gasteiger partial charge in [0.1, 0.15) is 5.75 Å². The van der Waals surface area contributed by atoms with E-state index >= 15 is 0 Å². The number of amides is 1. The van der Waals surface area contributed by atoms with Gasteiger partial charge >= 0.3 is 0 Å². The predicted octanol–water partition coefficient (Wildman–Crippen LogP) is 1.96. The van der Waals surface area contributed by atoms with Crippen LogP contribution in [0.1, 0.15) is 17.3 Å². The van der Waals surface area contributed by atoms with E-state index in [0.717, 1.165) is 13.1 Å². The largest absolute Gasteiger partial charge is 0.493 e. The number of nitrogens with one attached hydrogen (secondary N) is 1. The molecule has 1 N–H and O–H groups in total. The molecule has 1 aromatic heterocycles. The molecule has 2 aromatic rings. The Labute approximate surface area is 140 Å². The van der Waals surface area contributed by atoms with Gasteiger partial charge < -0.3 is 19.7 Å². The quantitative estimate of drug-likeness (QED) is 0.904. The molecule has 0 spiro atoms. The van der Waals surface area contributed by atoms with Gasteiger partial charge in [-0.25, -0.2) is 9.97 Å². The third-order valence-corrected chi connectivity index (χ3v) is 3.62. The minimum absolute atomic E-state index is 0.248. The standard InChI is InChI=1S/C17H20N4O3/c1-2-24-15-6-4-3-5-14(15)16(22)20-13-11-18-17(19-12-13)21-7-9-23-10-8-21/h3-6,11-12H,2,7-10H2,1H3,(H,20,22). The summed E-state index contributed by atoms with van der Waals surface area (Å²) in [7, 11) is 0. The molecule has 1 amide bonds. The van der Waals surface area contributed by atoms with E-state index in [2.05, 4.69) is 20.2 Å². The highest BCUT2D eigenvalue weighted by atomic mass is 16.5. The molecule has 0 aliphatic carbocycles. The number of hydrogen-bond acceptors (Lipinski definition) is 6. The summed E-state index contributed by atoms with van der Waals surface area (Å²) >= 11 is 0. The molecule has 3 rings (SSSR count). The first-order valence-corrected chi connectivity index (χ1v) is 7.96. The summed E-state index contributed by atoms with van der Waals surface area (Å²) in [6.07, 6.45) is 3.22. The van der Waals surface area contributed by atoms with Crippen molar-refractivity contribution in [1.82, 2.24) is 9.97 Å². The average Bonchev–Trinajstić information content (AvgIpc) is 2.64. The molecular formula is C17H20N4O3. The van der Waals surface area contributed by atoms with Crippen LogP contribution in [0.5, 0.6) is 5.75 Å². The maximum atomic E-state index is 12.4. The Balaban J connectivity index is 1.68. The van der Waals surface area contributed by atoms with E-state index in [9.17, 15) is 4.79 Å². The van der Waals surface area contributed by atoms with Crippen LogP contribution in [-0.4, -0.2) is 48.8 Å². The number of benzene rings is 1. The van der Waals surface area contributed by atoms with Crippen LogP contribution in [0.4, 0.5) is 11.6 Å². The highest BCUT2D eigenvalue weighted by molar-refractivity contribution is 6.06. The average molecular weight is 328 g/mol. The first-order chi connectivity index (χ1) is 11.8. The van der Waals surface area contributed by atoms with Gasteiger partial charge in [0.25, 0.3) is 5.91 Å². The van der Waals surface area contributed by atoms with Gasteiger partial charge in [-0.05, 0) is 19.1 Å². The predicted molar refractivity (Wildman–Crippen MR) is 90.6 cm³/mol. The van der Waals surface area contributed by atoms with Crippen molar-refractivity contribution in [2.24, 2.45) is 0 Å². The second-order valence-corrected chi connectivity index (χ2v) is 5.25. The van der Waals surface area contributed by atoms with Crippen LogP contribution in [-0.2, 0) is 4.74 Å². The van der Waals surface area contributed by atoms with E-state index in [-0.39, 0.29) is 5.91 Å². The van der Waals surface area contributed by atoms with Crippen LogP contribution < -0.4 is 15.0 Å². The molecule has 0 saturated carbocycles. The smallest absolute Gasteiger partial charge is 0.259 e. The van der Waals surface area contributed by atoms with Crippen molar-refractivity contribution in [3.05, 3.63) is 42.2 Å². The summed E-state index contributed by atoms with van der Waals surface area (Å²) in [6.45, 7) is 5.28. The number of morpholine rings is 1. The van der Waals surface area contributed by atoms with Gasteiger partial charge in [-0.2, -0.15) is 0 Å². The van der Waals surface area contributed by atoms with Crippen LogP contribution >= 0.6 is 0 Å². The van der Waals surface area contributed by atoms with E-state index < -0.39 is 0 Å². The van der Waals surface area contributed by atoms with Crippen molar-refractivity contribution >= 4 is 17.5 Å². The molecule has 7 heteroatoms. The fourth-order valence-electron chi connectivity index (χ4n) is 2.45. The number of ether oxygens (including phenoxy) is 2. The zero-order valence-corrected chi connectivity index (χ0v) is 13.6. The number of nitrogens with zero attached hydrogens (tertiary/aromatic N) is 3. The van der Waals surface area contributed by atoms with Crippen molar-refractivity contribution in [3.8, 4) is 5.75 Å². The number of aromatic nitrogens is 2. The summed E-state index contributed by atoms with van der Waals surface area (Å²) in [5.74, 6) is 0.955. The van der Waals surface area contributed by atoms with Crippen molar-refractivity contribution in [1.29, 1.82) is 0 Å². The van der Waals surface area contributed by atoms with E-state index in [1.54, 1.807) is 30.6 Å². The Kier molecular flexibility index (Phi) is 5.22. The van der Waals surface area contributed by atoms with E-state index in [1.165, 1.54) is 0 Å². The summed E-state index contributed by atoms with van der Waals surface area (Å²) in [4.78, 5) is 23.1. The molecule has 0 bridgehead atoms. The minimum Gasteiger partial charge on any atom is -0.493 e. The topological polar surface area (TPSA) is 76.6 Å². The summed E-state index contributed by atoms with van der Waals surface area (Å²) in [5, 5.41) is 2.80. The maximum Gasteiger partial charge on any atom is 0.259 e. The summed E-state index contributed by atoms with van der Waals surface area (Å²) in [5.41, 5.74) is 1.03. The molecular weight excluding hydrogens is 308 g/mol. The molecule has 1 fully saturated rings. The molecule has 24 heavy (non-hydrogen) atoms. The maximum absolute atomic E-state index is 12.4. The first kappa shape index (κ1) is 16.2. The molecule has 1 aromatic carbocycles. The van der Waals surface area contributed by atoms with Crippen molar-refractivity contribution in [2.45, 2.75) is 6.92 Å². The van der Waals surface area contributed by atoms with Crippen molar-refractivity contribution in [2.75, 3.05) is 43.1 Å². The zero-order chi connectivity index (χ0) is 16.8. The molecule has 1 saturated heterocycles. The third-order valence-electron chi connectivity index (χ3n) is 3.62. The number of carbonyl (C=O) groups excluding carboxylic acids is 1. The van der Waals surface area contributed by atoms with Gasteiger partial charge in [0.2, 0.25) is 5.95 Å². The fourth-order valence-corrected chi connectivity index (χ4v) is 2.45. The number of carbonyl (C=O) groups is 1. The van der Waals surface area contributed by atoms with Crippen LogP contribution in [0.2, 0.25) is 0 Å². The molecule has 0 radical (unpaired) electrons. The Morgan fingerprint density at radius 2 is 1.96 bits per heavy atom. The Hall–Kier alpha value is -2.67. The number of rotatable bonds is 5. The molecule has 1 aliphatic heterocycles. The molecule has 7 nitrogen and oxygen atoms in total. The van der Waals surface area contributed by atoms with Gasteiger partial charge in [0.15, 0.2) is 0 Å². The highest BCUT2D eigenvalue weighted by Gasteiger charge is 2.15. The lowest BCUT2D eigenvalue weighted by Crippen LogP contribution is -2.37. The zero-order valence-electron chi connectivity index (χ0n) is 13.6. The monoisotopic (exact) mass is 328 g/mol. The van der Waals surface area contributed by atoms with E-state index in [1.807, 2.05) is 13.0 Å². The van der Waals surface area contributed by atoms with Crippen LogP contribution in [0.15, 0.2) is 36.7 Å². The van der Waals surface area contributed by atoms with E-state index in [0.29, 0.717) is 42.8 Å². The number of para-hydroxylation sites is 1. The van der Waals surface area contributed by atoms with Gasteiger partial charge in [0, 0.05) is 13.1 Å². The first-order valence-electron chi connectivity index (χ1n) is 7.96. The fraction of sp³-hybridized carbons (Fsp3) is 0.353. The second-order valence-electron chi connectivity index (χ2n) is 5.25. The van der Waals surface area contributed by atoms with Gasteiger partial charge in [-0.15, -0.1) is 0 Å². The third kappa shape index (κ3) is 3.80. The van der Waals surface area contributed by atoms with E-state index in [4.69, 9.17) is 9.47 Å². The van der Waals surface area contributed by atoms with Gasteiger partial charge in [-0.3, -0.25) is 4.79 Å². The normalized spacial score (nSPS) is 14.3. The summed E-state index contributed by atoms with van der Waals surface area (Å²) in [6, 6.07) is 7.14. The second kappa shape index (κ2) is 7.74.